The van der Waals surface area contributed by atoms with Gasteiger partial charge in [-0.25, -0.2) is 0 Å². The first-order valence-corrected chi connectivity index (χ1v) is 7.83. The topological polar surface area (TPSA) is 86.5 Å². The van der Waals surface area contributed by atoms with Gasteiger partial charge < -0.3 is 19.2 Å². The molecule has 1 amide bonds. The summed E-state index contributed by atoms with van der Waals surface area (Å²) in [5.74, 6) is 0.877. The van der Waals surface area contributed by atoms with E-state index in [4.69, 9.17) is 25.5 Å². The lowest BCUT2D eigenvalue weighted by atomic mass is 10.2. The van der Waals surface area contributed by atoms with E-state index in [1.807, 2.05) is 18.2 Å². The lowest BCUT2D eigenvalue weighted by Gasteiger charge is -2.04. The van der Waals surface area contributed by atoms with Crippen LogP contribution in [0.2, 0.25) is 5.02 Å². The van der Waals surface area contributed by atoms with E-state index in [1.165, 1.54) is 0 Å². The molecule has 0 atom stereocenters. The summed E-state index contributed by atoms with van der Waals surface area (Å²) in [5.41, 5.74) is 1.44. The van der Waals surface area contributed by atoms with Gasteiger partial charge in [-0.15, -0.1) is 10.2 Å². The van der Waals surface area contributed by atoms with Gasteiger partial charge in [0.05, 0.1) is 0 Å². The van der Waals surface area contributed by atoms with Crippen molar-refractivity contribution in [2.24, 2.45) is 0 Å². The van der Waals surface area contributed by atoms with Crippen LogP contribution in [0, 0.1) is 0 Å². The third-order valence-corrected chi connectivity index (χ3v) is 4.00. The maximum atomic E-state index is 12.2. The number of hydrogen-bond acceptors (Lipinski definition) is 6. The van der Waals surface area contributed by atoms with Crippen molar-refractivity contribution in [3.63, 3.8) is 0 Å². The first kappa shape index (κ1) is 15.5. The van der Waals surface area contributed by atoms with Crippen molar-refractivity contribution in [2.75, 3.05) is 6.79 Å². The number of halogens is 1. The normalized spacial score (nSPS) is 12.2. The minimum absolute atomic E-state index is 0.125. The Bertz CT molecular complexity index is 941. The van der Waals surface area contributed by atoms with Crippen molar-refractivity contribution in [1.82, 2.24) is 15.5 Å². The molecule has 0 radical (unpaired) electrons. The number of hydrogen-bond donors (Lipinski definition) is 1. The summed E-state index contributed by atoms with van der Waals surface area (Å²) in [6.07, 6.45) is 0. The van der Waals surface area contributed by atoms with E-state index in [2.05, 4.69) is 15.5 Å². The van der Waals surface area contributed by atoms with Gasteiger partial charge >= 0.3 is 11.8 Å². The standard InChI is InChI=1S/C17H12ClN3O4/c18-12-4-2-1-3-11(12)8-19-15(22)17-21-20-16(25-17)10-5-6-13-14(7-10)24-9-23-13/h1-7H,8-9H2,(H,19,22). The summed E-state index contributed by atoms with van der Waals surface area (Å²) in [4.78, 5) is 12.2. The summed E-state index contributed by atoms with van der Waals surface area (Å²) in [6, 6.07) is 12.5. The monoisotopic (exact) mass is 357 g/mol. The molecule has 1 aromatic heterocycles. The van der Waals surface area contributed by atoms with Gasteiger partial charge in [0.15, 0.2) is 11.5 Å². The molecular formula is C17H12ClN3O4. The second-order valence-electron chi connectivity index (χ2n) is 5.25. The summed E-state index contributed by atoms with van der Waals surface area (Å²) in [5, 5.41) is 11.0. The summed E-state index contributed by atoms with van der Waals surface area (Å²) in [6.45, 7) is 0.443. The molecule has 4 rings (SSSR count). The van der Waals surface area contributed by atoms with Crippen LogP contribution in [0.25, 0.3) is 11.5 Å². The number of nitrogens with one attached hydrogen (secondary N) is 1. The van der Waals surface area contributed by atoms with E-state index in [0.29, 0.717) is 22.1 Å². The van der Waals surface area contributed by atoms with E-state index in [0.717, 1.165) is 5.56 Å². The molecule has 7 nitrogen and oxygen atoms in total. The average Bonchev–Trinajstić information content (AvgIpc) is 3.29. The molecule has 1 aliphatic heterocycles. The van der Waals surface area contributed by atoms with Gasteiger partial charge in [0.25, 0.3) is 0 Å². The molecule has 0 unspecified atom stereocenters. The Morgan fingerprint density at radius 2 is 1.96 bits per heavy atom. The Morgan fingerprint density at radius 1 is 1.12 bits per heavy atom. The fourth-order valence-electron chi connectivity index (χ4n) is 2.35. The maximum absolute atomic E-state index is 12.2. The Kier molecular flexibility index (Phi) is 3.99. The smallest absolute Gasteiger partial charge is 0.309 e. The zero-order chi connectivity index (χ0) is 17.2. The van der Waals surface area contributed by atoms with Gasteiger partial charge in [0.1, 0.15) is 0 Å². The minimum atomic E-state index is -0.473. The first-order chi connectivity index (χ1) is 12.2. The third kappa shape index (κ3) is 3.14. The van der Waals surface area contributed by atoms with E-state index >= 15 is 0 Å². The number of ether oxygens (including phenoxy) is 2. The molecule has 0 bridgehead atoms. The van der Waals surface area contributed by atoms with E-state index in [1.54, 1.807) is 24.3 Å². The number of fused-ring (bicyclic) bond motifs is 1. The number of rotatable bonds is 4. The Balaban J connectivity index is 1.47. The van der Waals surface area contributed by atoms with Crippen molar-refractivity contribution in [3.8, 4) is 23.0 Å². The minimum Gasteiger partial charge on any atom is -0.454 e. The molecule has 0 saturated carbocycles. The predicted molar refractivity (Wildman–Crippen MR) is 88.5 cm³/mol. The van der Waals surface area contributed by atoms with Crippen molar-refractivity contribution in [1.29, 1.82) is 0 Å². The molecule has 1 N–H and O–H groups in total. The highest BCUT2D eigenvalue weighted by atomic mass is 35.5. The van der Waals surface area contributed by atoms with Crippen LogP contribution in [0.5, 0.6) is 11.5 Å². The van der Waals surface area contributed by atoms with E-state index < -0.39 is 5.91 Å². The fourth-order valence-corrected chi connectivity index (χ4v) is 2.56. The van der Waals surface area contributed by atoms with Crippen LogP contribution in [0.1, 0.15) is 16.2 Å². The van der Waals surface area contributed by atoms with E-state index in [9.17, 15) is 4.79 Å². The van der Waals surface area contributed by atoms with Crippen LogP contribution in [0.15, 0.2) is 46.9 Å². The second-order valence-corrected chi connectivity index (χ2v) is 5.66. The molecule has 0 aliphatic carbocycles. The van der Waals surface area contributed by atoms with Gasteiger partial charge in [-0.05, 0) is 29.8 Å². The largest absolute Gasteiger partial charge is 0.454 e. The number of aromatic nitrogens is 2. The maximum Gasteiger partial charge on any atom is 0.309 e. The van der Waals surface area contributed by atoms with Crippen molar-refractivity contribution in [3.05, 3.63) is 58.9 Å². The van der Waals surface area contributed by atoms with Gasteiger partial charge in [0.2, 0.25) is 12.7 Å². The second kappa shape index (κ2) is 6.45. The predicted octanol–water partition coefficient (Wildman–Crippen LogP) is 3.05. The highest BCUT2D eigenvalue weighted by molar-refractivity contribution is 6.31. The number of carbonyl (C=O) groups excluding carboxylic acids is 1. The number of carbonyl (C=O) groups is 1. The van der Waals surface area contributed by atoms with Crippen LogP contribution < -0.4 is 14.8 Å². The molecule has 0 fully saturated rings. The van der Waals surface area contributed by atoms with Crippen molar-refractivity contribution < 1.29 is 18.7 Å². The zero-order valence-electron chi connectivity index (χ0n) is 12.9. The first-order valence-electron chi connectivity index (χ1n) is 7.46. The number of nitrogens with zero attached hydrogens (tertiary/aromatic N) is 2. The van der Waals surface area contributed by atoms with Gasteiger partial charge in [-0.2, -0.15) is 0 Å². The molecule has 2 aromatic carbocycles. The fraction of sp³-hybridized carbons (Fsp3) is 0.118. The van der Waals surface area contributed by atoms with Gasteiger partial charge in [-0.3, -0.25) is 4.79 Å². The lowest BCUT2D eigenvalue weighted by Crippen LogP contribution is -2.23. The molecule has 0 spiro atoms. The van der Waals surface area contributed by atoms with Crippen molar-refractivity contribution in [2.45, 2.75) is 6.54 Å². The van der Waals surface area contributed by atoms with Crippen LogP contribution in [0.3, 0.4) is 0 Å². The van der Waals surface area contributed by atoms with Crippen LogP contribution in [-0.2, 0) is 6.54 Å². The molecular weight excluding hydrogens is 346 g/mol. The lowest BCUT2D eigenvalue weighted by molar-refractivity contribution is 0.0917. The molecule has 3 aromatic rings. The van der Waals surface area contributed by atoms with Gasteiger partial charge in [0, 0.05) is 17.1 Å². The van der Waals surface area contributed by atoms with Crippen LogP contribution in [-0.4, -0.2) is 22.9 Å². The number of benzene rings is 2. The zero-order valence-corrected chi connectivity index (χ0v) is 13.6. The van der Waals surface area contributed by atoms with E-state index in [-0.39, 0.29) is 25.1 Å². The molecule has 1 aliphatic rings. The third-order valence-electron chi connectivity index (χ3n) is 3.64. The summed E-state index contributed by atoms with van der Waals surface area (Å²) in [7, 11) is 0. The molecule has 126 valence electrons. The highest BCUT2D eigenvalue weighted by Gasteiger charge is 2.19. The Hall–Kier alpha value is -3.06. The van der Waals surface area contributed by atoms with Gasteiger partial charge in [-0.1, -0.05) is 29.8 Å². The summed E-state index contributed by atoms with van der Waals surface area (Å²) < 4.78 is 16.0. The average molecular weight is 358 g/mol. The Labute approximate surface area is 147 Å². The van der Waals surface area contributed by atoms with Crippen molar-refractivity contribution >= 4 is 17.5 Å². The SMILES string of the molecule is O=C(NCc1ccccc1Cl)c1nnc(-c2ccc3c(c2)OCO3)o1. The molecule has 2 heterocycles. The molecule has 25 heavy (non-hydrogen) atoms. The number of amides is 1. The Morgan fingerprint density at radius 3 is 2.84 bits per heavy atom. The molecule has 8 heteroatoms. The highest BCUT2D eigenvalue weighted by Crippen LogP contribution is 2.35. The quantitative estimate of drug-likeness (QED) is 0.772. The molecule has 0 saturated heterocycles. The van der Waals surface area contributed by atoms with Crippen LogP contribution in [0.4, 0.5) is 0 Å². The van der Waals surface area contributed by atoms with Crippen LogP contribution >= 0.6 is 11.6 Å². The summed E-state index contributed by atoms with van der Waals surface area (Å²) >= 11 is 6.06.